The highest BCUT2D eigenvalue weighted by atomic mass is 79.9. The minimum absolute atomic E-state index is 0.109. The van der Waals surface area contributed by atoms with Crippen LogP contribution >= 0.6 is 15.9 Å². The van der Waals surface area contributed by atoms with Crippen molar-refractivity contribution in [3.8, 4) is 0 Å². The highest BCUT2D eigenvalue weighted by Crippen LogP contribution is 2.25. The van der Waals surface area contributed by atoms with Crippen molar-refractivity contribution in [3.63, 3.8) is 0 Å². The zero-order valence-electron chi connectivity index (χ0n) is 11.3. The Morgan fingerprint density at radius 3 is 2.35 bits per heavy atom. The van der Waals surface area contributed by atoms with Gasteiger partial charge in [0.15, 0.2) is 0 Å². The molecule has 0 atom stereocenters. The molecule has 0 aromatic heterocycles. The van der Waals surface area contributed by atoms with E-state index in [2.05, 4.69) is 26.8 Å². The van der Waals surface area contributed by atoms with E-state index in [9.17, 15) is 9.59 Å². The summed E-state index contributed by atoms with van der Waals surface area (Å²) in [5.41, 5.74) is 5.47. The number of benzene rings is 1. The first-order valence-electron chi connectivity index (χ1n) is 7.00. The molecule has 2 rings (SSSR count). The number of carbonyl (C=O) groups is 2. The number of hydrogen-bond donors (Lipinski definition) is 2. The maximum atomic E-state index is 11.8. The lowest BCUT2D eigenvalue weighted by molar-refractivity contribution is -0.123. The quantitative estimate of drug-likeness (QED) is 0.831. The number of hydrogen-bond acceptors (Lipinski definition) is 2. The lowest BCUT2D eigenvalue weighted by Crippen LogP contribution is -2.42. The second-order valence-corrected chi connectivity index (χ2v) is 6.13. The Morgan fingerprint density at radius 1 is 1.05 bits per heavy atom. The molecule has 1 saturated carbocycles. The van der Waals surface area contributed by atoms with E-state index in [1.165, 1.54) is 19.3 Å². The second kappa shape index (κ2) is 7.43. The number of amides is 2. The summed E-state index contributed by atoms with van der Waals surface area (Å²) in [6.07, 6.45) is 6.44. The molecule has 0 bridgehead atoms. The Labute approximate surface area is 127 Å². The molecule has 1 fully saturated rings. The summed E-state index contributed by atoms with van der Waals surface area (Å²) in [6, 6.07) is 6.98. The molecule has 108 valence electrons. The zero-order valence-corrected chi connectivity index (χ0v) is 12.9. The van der Waals surface area contributed by atoms with Crippen LogP contribution in [0.5, 0.6) is 0 Å². The summed E-state index contributed by atoms with van der Waals surface area (Å²) in [6.45, 7) is 0. The van der Waals surface area contributed by atoms with Crippen LogP contribution in [0.1, 0.15) is 48.9 Å². The molecule has 20 heavy (non-hydrogen) atoms. The van der Waals surface area contributed by atoms with Gasteiger partial charge in [-0.1, -0.05) is 35.2 Å². The van der Waals surface area contributed by atoms with Crippen LogP contribution < -0.4 is 10.9 Å². The minimum Gasteiger partial charge on any atom is -0.273 e. The van der Waals surface area contributed by atoms with Gasteiger partial charge in [0.1, 0.15) is 0 Å². The van der Waals surface area contributed by atoms with E-state index in [-0.39, 0.29) is 11.8 Å². The summed E-state index contributed by atoms with van der Waals surface area (Å²) >= 11 is 3.31. The van der Waals surface area contributed by atoms with Crippen LogP contribution in [-0.2, 0) is 4.79 Å². The van der Waals surface area contributed by atoms with Crippen molar-refractivity contribution in [1.29, 1.82) is 0 Å². The molecule has 1 aromatic rings. The van der Waals surface area contributed by atoms with Gasteiger partial charge in [-0.25, -0.2) is 0 Å². The molecular formula is C15H19BrN2O2. The lowest BCUT2D eigenvalue weighted by atomic mass is 9.87. The van der Waals surface area contributed by atoms with E-state index >= 15 is 0 Å². The fourth-order valence-corrected chi connectivity index (χ4v) is 2.77. The Bertz CT molecular complexity index is 467. The van der Waals surface area contributed by atoms with Crippen molar-refractivity contribution in [1.82, 2.24) is 10.9 Å². The Kier molecular flexibility index (Phi) is 5.59. The number of carbonyl (C=O) groups excluding carboxylic acids is 2. The van der Waals surface area contributed by atoms with E-state index in [4.69, 9.17) is 0 Å². The van der Waals surface area contributed by atoms with Crippen molar-refractivity contribution >= 4 is 27.7 Å². The van der Waals surface area contributed by atoms with Gasteiger partial charge in [0.2, 0.25) is 5.91 Å². The van der Waals surface area contributed by atoms with Gasteiger partial charge in [-0.2, -0.15) is 0 Å². The monoisotopic (exact) mass is 338 g/mol. The zero-order chi connectivity index (χ0) is 14.4. The standard InChI is InChI=1S/C15H19BrN2O2/c16-13-8-6-12(7-9-13)15(20)18-17-14(19)10-11-4-2-1-3-5-11/h6-9,11H,1-5,10H2,(H,17,19)(H,18,20). The molecular weight excluding hydrogens is 320 g/mol. The van der Waals surface area contributed by atoms with E-state index < -0.39 is 0 Å². The SMILES string of the molecule is O=C(CC1CCCCC1)NNC(=O)c1ccc(Br)cc1. The van der Waals surface area contributed by atoms with Crippen LogP contribution in [0, 0.1) is 5.92 Å². The molecule has 0 heterocycles. The van der Waals surface area contributed by atoms with E-state index in [0.29, 0.717) is 17.9 Å². The number of halogens is 1. The fourth-order valence-electron chi connectivity index (χ4n) is 2.50. The van der Waals surface area contributed by atoms with Crippen LogP contribution in [0.3, 0.4) is 0 Å². The third-order valence-corrected chi connectivity index (χ3v) is 4.15. The molecule has 0 unspecified atom stereocenters. The summed E-state index contributed by atoms with van der Waals surface area (Å²) in [7, 11) is 0. The van der Waals surface area contributed by atoms with Crippen LogP contribution in [0.4, 0.5) is 0 Å². The molecule has 0 saturated heterocycles. The van der Waals surface area contributed by atoms with E-state index in [1.807, 2.05) is 0 Å². The Hall–Kier alpha value is -1.36. The third-order valence-electron chi connectivity index (χ3n) is 3.62. The van der Waals surface area contributed by atoms with Gasteiger partial charge in [-0.15, -0.1) is 0 Å². The molecule has 0 aliphatic heterocycles. The van der Waals surface area contributed by atoms with Crippen LogP contribution in [0.2, 0.25) is 0 Å². The molecule has 1 aliphatic carbocycles. The predicted molar refractivity (Wildman–Crippen MR) is 80.9 cm³/mol. The van der Waals surface area contributed by atoms with Gasteiger partial charge in [0.05, 0.1) is 0 Å². The Balaban J connectivity index is 1.75. The number of hydrazine groups is 1. The first kappa shape index (κ1) is 15.0. The van der Waals surface area contributed by atoms with Gasteiger partial charge in [-0.05, 0) is 43.0 Å². The van der Waals surface area contributed by atoms with Crippen LogP contribution in [0.15, 0.2) is 28.7 Å². The molecule has 2 amide bonds. The molecule has 1 aliphatic rings. The molecule has 4 nitrogen and oxygen atoms in total. The van der Waals surface area contributed by atoms with Crippen molar-refractivity contribution in [2.45, 2.75) is 38.5 Å². The maximum Gasteiger partial charge on any atom is 0.269 e. The summed E-state index contributed by atoms with van der Waals surface area (Å²) < 4.78 is 0.912. The topological polar surface area (TPSA) is 58.2 Å². The van der Waals surface area contributed by atoms with E-state index in [1.54, 1.807) is 24.3 Å². The highest BCUT2D eigenvalue weighted by molar-refractivity contribution is 9.10. The van der Waals surface area contributed by atoms with Crippen molar-refractivity contribution in [2.24, 2.45) is 5.92 Å². The highest BCUT2D eigenvalue weighted by Gasteiger charge is 2.17. The average Bonchev–Trinajstić information content (AvgIpc) is 2.46. The summed E-state index contributed by atoms with van der Waals surface area (Å²) in [5.74, 6) is 0.0604. The van der Waals surface area contributed by atoms with Gasteiger partial charge < -0.3 is 0 Å². The molecule has 1 aromatic carbocycles. The first-order chi connectivity index (χ1) is 9.65. The lowest BCUT2D eigenvalue weighted by Gasteiger charge is -2.20. The average molecular weight is 339 g/mol. The number of nitrogens with one attached hydrogen (secondary N) is 2. The van der Waals surface area contributed by atoms with Crippen molar-refractivity contribution in [2.75, 3.05) is 0 Å². The van der Waals surface area contributed by atoms with Crippen LogP contribution in [-0.4, -0.2) is 11.8 Å². The number of rotatable bonds is 3. The van der Waals surface area contributed by atoms with Gasteiger partial charge in [0.25, 0.3) is 5.91 Å². The molecule has 0 radical (unpaired) electrons. The molecule has 2 N–H and O–H groups in total. The minimum atomic E-state index is -0.297. The van der Waals surface area contributed by atoms with Gasteiger partial charge in [-0.3, -0.25) is 20.4 Å². The first-order valence-corrected chi connectivity index (χ1v) is 7.79. The largest absolute Gasteiger partial charge is 0.273 e. The van der Waals surface area contributed by atoms with Crippen LogP contribution in [0.25, 0.3) is 0 Å². The van der Waals surface area contributed by atoms with Crippen molar-refractivity contribution in [3.05, 3.63) is 34.3 Å². The Morgan fingerprint density at radius 2 is 1.70 bits per heavy atom. The summed E-state index contributed by atoms with van der Waals surface area (Å²) in [5, 5.41) is 0. The van der Waals surface area contributed by atoms with Gasteiger partial charge in [0, 0.05) is 16.5 Å². The predicted octanol–water partition coefficient (Wildman–Crippen LogP) is 3.18. The molecule has 5 heteroatoms. The molecule has 0 spiro atoms. The van der Waals surface area contributed by atoms with Gasteiger partial charge >= 0.3 is 0 Å². The third kappa shape index (κ3) is 4.63. The summed E-state index contributed by atoms with van der Waals surface area (Å²) in [4.78, 5) is 23.6. The second-order valence-electron chi connectivity index (χ2n) is 5.22. The van der Waals surface area contributed by atoms with E-state index in [0.717, 1.165) is 17.3 Å². The smallest absolute Gasteiger partial charge is 0.269 e. The van der Waals surface area contributed by atoms with Crippen molar-refractivity contribution < 1.29 is 9.59 Å². The normalized spacial score (nSPS) is 15.7. The fraction of sp³-hybridized carbons (Fsp3) is 0.467. The maximum absolute atomic E-state index is 11.8.